The maximum Gasteiger partial charge on any atom is 0.255 e. The number of halogens is 3. The highest BCUT2D eigenvalue weighted by Crippen LogP contribution is 2.16. The Hall–Kier alpha value is -3.61. The Balaban J connectivity index is 1.56. The monoisotopic (exact) mass is 398 g/mol. The number of anilines is 1. The third-order valence-corrected chi connectivity index (χ3v) is 4.23. The first kappa shape index (κ1) is 20.1. The van der Waals surface area contributed by atoms with Crippen LogP contribution in [-0.4, -0.2) is 18.4 Å². The molecule has 0 heterocycles. The topological polar surface area (TPSA) is 58.2 Å². The van der Waals surface area contributed by atoms with Crippen molar-refractivity contribution in [2.75, 3.05) is 11.9 Å². The van der Waals surface area contributed by atoms with E-state index in [1.54, 1.807) is 18.2 Å². The molecule has 0 aliphatic heterocycles. The zero-order chi connectivity index (χ0) is 20.8. The lowest BCUT2D eigenvalue weighted by Gasteiger charge is -2.08. The standard InChI is InChI=1S/C22H17F3N2O2/c23-17-9-10-20(19(25)13-17)27-22(29)16-7-5-15(6-8-16)21(28)26-12-11-14-3-1-2-4-18(14)24/h1-10,13H,11-12H2,(H,26,28)(H,27,29). The van der Waals surface area contributed by atoms with Gasteiger partial charge >= 0.3 is 0 Å². The molecule has 4 nitrogen and oxygen atoms in total. The molecule has 0 aliphatic carbocycles. The van der Waals surface area contributed by atoms with Gasteiger partial charge in [0.1, 0.15) is 17.5 Å². The summed E-state index contributed by atoms with van der Waals surface area (Å²) >= 11 is 0. The summed E-state index contributed by atoms with van der Waals surface area (Å²) in [5.74, 6) is -2.91. The van der Waals surface area contributed by atoms with Crippen LogP contribution in [0.5, 0.6) is 0 Å². The predicted molar refractivity (Wildman–Crippen MR) is 103 cm³/mol. The van der Waals surface area contributed by atoms with Gasteiger partial charge in [-0.2, -0.15) is 0 Å². The summed E-state index contributed by atoms with van der Waals surface area (Å²) in [5.41, 5.74) is 0.888. The van der Waals surface area contributed by atoms with Crippen LogP contribution in [-0.2, 0) is 6.42 Å². The number of carbonyl (C=O) groups excluding carboxylic acids is 2. The molecule has 0 saturated heterocycles. The Labute approximate surface area is 165 Å². The number of carbonyl (C=O) groups is 2. The first-order valence-corrected chi connectivity index (χ1v) is 8.82. The Morgan fingerprint density at radius 3 is 2.07 bits per heavy atom. The van der Waals surface area contributed by atoms with Crippen LogP contribution in [0, 0.1) is 17.5 Å². The fourth-order valence-corrected chi connectivity index (χ4v) is 2.67. The quantitative estimate of drug-likeness (QED) is 0.649. The summed E-state index contributed by atoms with van der Waals surface area (Å²) < 4.78 is 40.1. The molecule has 29 heavy (non-hydrogen) atoms. The smallest absolute Gasteiger partial charge is 0.255 e. The second kappa shape index (κ2) is 9.05. The highest BCUT2D eigenvalue weighted by atomic mass is 19.1. The van der Waals surface area contributed by atoms with Crippen LogP contribution in [0.3, 0.4) is 0 Å². The summed E-state index contributed by atoms with van der Waals surface area (Å²) in [5, 5.41) is 5.03. The largest absolute Gasteiger partial charge is 0.352 e. The van der Waals surface area contributed by atoms with Crippen LogP contribution >= 0.6 is 0 Å². The molecule has 0 atom stereocenters. The highest BCUT2D eigenvalue weighted by Gasteiger charge is 2.12. The lowest BCUT2D eigenvalue weighted by atomic mass is 10.1. The average Bonchev–Trinajstić information content (AvgIpc) is 2.71. The van der Waals surface area contributed by atoms with E-state index >= 15 is 0 Å². The van der Waals surface area contributed by atoms with E-state index in [4.69, 9.17) is 0 Å². The van der Waals surface area contributed by atoms with Crippen LogP contribution < -0.4 is 10.6 Å². The van der Waals surface area contributed by atoms with Gasteiger partial charge < -0.3 is 10.6 Å². The summed E-state index contributed by atoms with van der Waals surface area (Å²) in [6, 6.07) is 14.9. The van der Waals surface area contributed by atoms with Gasteiger partial charge in [-0.05, 0) is 54.4 Å². The average molecular weight is 398 g/mol. The van der Waals surface area contributed by atoms with Crippen molar-refractivity contribution >= 4 is 17.5 Å². The van der Waals surface area contributed by atoms with Gasteiger partial charge in [0, 0.05) is 23.7 Å². The zero-order valence-corrected chi connectivity index (χ0v) is 15.2. The number of benzene rings is 3. The minimum Gasteiger partial charge on any atom is -0.352 e. The van der Waals surface area contributed by atoms with Gasteiger partial charge in [0.2, 0.25) is 0 Å². The SMILES string of the molecule is O=C(NCCc1ccccc1F)c1ccc(C(=O)Nc2ccc(F)cc2F)cc1. The number of hydrogen-bond donors (Lipinski definition) is 2. The molecule has 148 valence electrons. The van der Waals surface area contributed by atoms with Crippen molar-refractivity contribution in [3.8, 4) is 0 Å². The molecule has 0 saturated carbocycles. The molecule has 0 bridgehead atoms. The van der Waals surface area contributed by atoms with E-state index in [1.807, 2.05) is 0 Å². The molecule has 3 aromatic carbocycles. The van der Waals surface area contributed by atoms with E-state index in [-0.39, 0.29) is 29.5 Å². The van der Waals surface area contributed by atoms with Crippen molar-refractivity contribution < 1.29 is 22.8 Å². The molecule has 0 spiro atoms. The number of amides is 2. The second-order valence-electron chi connectivity index (χ2n) is 6.25. The molecular formula is C22H17F3N2O2. The summed E-state index contributed by atoms with van der Waals surface area (Å²) in [4.78, 5) is 24.4. The molecule has 7 heteroatoms. The van der Waals surface area contributed by atoms with E-state index in [2.05, 4.69) is 10.6 Å². The van der Waals surface area contributed by atoms with Gasteiger partial charge in [0.05, 0.1) is 5.69 Å². The van der Waals surface area contributed by atoms with Crippen molar-refractivity contribution in [1.82, 2.24) is 5.32 Å². The van der Waals surface area contributed by atoms with Gasteiger partial charge in [-0.25, -0.2) is 13.2 Å². The third kappa shape index (κ3) is 5.22. The molecule has 0 fully saturated rings. The molecule has 0 radical (unpaired) electrons. The molecule has 2 N–H and O–H groups in total. The Morgan fingerprint density at radius 1 is 0.759 bits per heavy atom. The third-order valence-electron chi connectivity index (χ3n) is 4.23. The first-order chi connectivity index (χ1) is 13.9. The summed E-state index contributed by atoms with van der Waals surface area (Å²) in [6.45, 7) is 0.256. The van der Waals surface area contributed by atoms with Gasteiger partial charge in [-0.3, -0.25) is 9.59 Å². The van der Waals surface area contributed by atoms with Crippen molar-refractivity contribution in [1.29, 1.82) is 0 Å². The minimum absolute atomic E-state index is 0.147. The minimum atomic E-state index is -0.885. The van der Waals surface area contributed by atoms with Gasteiger partial charge in [-0.15, -0.1) is 0 Å². The van der Waals surface area contributed by atoms with Crippen molar-refractivity contribution in [3.63, 3.8) is 0 Å². The fraction of sp³-hybridized carbons (Fsp3) is 0.0909. The van der Waals surface area contributed by atoms with E-state index < -0.39 is 17.5 Å². The van der Waals surface area contributed by atoms with Gasteiger partial charge in [0.25, 0.3) is 11.8 Å². The predicted octanol–water partition coefficient (Wildman–Crippen LogP) is 4.33. The van der Waals surface area contributed by atoms with Gasteiger partial charge in [0.15, 0.2) is 0 Å². The van der Waals surface area contributed by atoms with E-state index in [0.717, 1.165) is 12.1 Å². The van der Waals surface area contributed by atoms with Crippen LogP contribution in [0.15, 0.2) is 66.7 Å². The highest BCUT2D eigenvalue weighted by molar-refractivity contribution is 6.05. The van der Waals surface area contributed by atoms with Crippen LogP contribution in [0.4, 0.5) is 18.9 Å². The van der Waals surface area contributed by atoms with E-state index in [1.165, 1.54) is 30.3 Å². The number of hydrogen-bond acceptors (Lipinski definition) is 2. The Kier molecular flexibility index (Phi) is 6.29. The molecular weight excluding hydrogens is 381 g/mol. The van der Waals surface area contributed by atoms with Crippen LogP contribution in [0.1, 0.15) is 26.3 Å². The van der Waals surface area contributed by atoms with Crippen molar-refractivity contribution in [3.05, 3.63) is 101 Å². The first-order valence-electron chi connectivity index (χ1n) is 8.82. The van der Waals surface area contributed by atoms with Gasteiger partial charge in [-0.1, -0.05) is 18.2 Å². The fourth-order valence-electron chi connectivity index (χ4n) is 2.67. The molecule has 0 aliphatic rings. The van der Waals surface area contributed by atoms with Crippen LogP contribution in [0.2, 0.25) is 0 Å². The second-order valence-corrected chi connectivity index (χ2v) is 6.25. The summed E-state index contributed by atoms with van der Waals surface area (Å²) in [6.07, 6.45) is 0.349. The Morgan fingerprint density at radius 2 is 1.41 bits per heavy atom. The van der Waals surface area contributed by atoms with E-state index in [9.17, 15) is 22.8 Å². The Bertz CT molecular complexity index is 1040. The summed E-state index contributed by atoms with van der Waals surface area (Å²) in [7, 11) is 0. The number of nitrogens with one attached hydrogen (secondary N) is 2. The molecule has 2 amide bonds. The normalized spacial score (nSPS) is 10.4. The zero-order valence-electron chi connectivity index (χ0n) is 15.2. The lowest BCUT2D eigenvalue weighted by molar-refractivity contribution is 0.0952. The van der Waals surface area contributed by atoms with Crippen LogP contribution in [0.25, 0.3) is 0 Å². The van der Waals surface area contributed by atoms with Crippen molar-refractivity contribution in [2.24, 2.45) is 0 Å². The van der Waals surface area contributed by atoms with E-state index in [0.29, 0.717) is 23.6 Å². The molecule has 0 aromatic heterocycles. The lowest BCUT2D eigenvalue weighted by Crippen LogP contribution is -2.26. The maximum absolute atomic E-state index is 13.6. The van der Waals surface area contributed by atoms with Crippen molar-refractivity contribution in [2.45, 2.75) is 6.42 Å². The molecule has 0 unspecified atom stereocenters. The molecule has 3 aromatic rings. The maximum atomic E-state index is 13.6. The molecule has 3 rings (SSSR count). The number of rotatable bonds is 6.